The van der Waals surface area contributed by atoms with Crippen LogP contribution in [0.1, 0.15) is 21.5 Å². The molecular formula is C25H22Cl2IN3O5. The number of para-hydroxylation sites is 1. The molecule has 0 radical (unpaired) electrons. The van der Waals surface area contributed by atoms with E-state index in [-0.39, 0.29) is 13.2 Å². The molecule has 3 aromatic rings. The molecule has 0 unspecified atom stereocenters. The molecule has 3 aromatic carbocycles. The topological polar surface area (TPSA) is 98.2 Å². The Morgan fingerprint density at radius 3 is 2.50 bits per heavy atom. The molecule has 0 saturated heterocycles. The number of carbonyl (C=O) groups excluding carboxylic acids is 2. The first kappa shape index (κ1) is 27.6. The highest BCUT2D eigenvalue weighted by Gasteiger charge is 2.14. The van der Waals surface area contributed by atoms with Crippen LogP contribution in [0, 0.1) is 3.57 Å². The van der Waals surface area contributed by atoms with Crippen molar-refractivity contribution in [2.75, 3.05) is 20.8 Å². The molecule has 0 saturated carbocycles. The van der Waals surface area contributed by atoms with Crippen molar-refractivity contribution in [1.82, 2.24) is 10.7 Å². The monoisotopic (exact) mass is 641 g/mol. The van der Waals surface area contributed by atoms with Gasteiger partial charge in [0.25, 0.3) is 11.8 Å². The maximum Gasteiger partial charge on any atom is 0.259 e. The average Bonchev–Trinajstić information content (AvgIpc) is 2.87. The van der Waals surface area contributed by atoms with Gasteiger partial charge in [0.05, 0.1) is 36.1 Å². The molecule has 188 valence electrons. The normalized spacial score (nSPS) is 10.7. The summed E-state index contributed by atoms with van der Waals surface area (Å²) in [5, 5.41) is 7.54. The first-order chi connectivity index (χ1) is 17.3. The molecule has 0 aliphatic rings. The lowest BCUT2D eigenvalue weighted by Crippen LogP contribution is -2.35. The van der Waals surface area contributed by atoms with Gasteiger partial charge in [0.1, 0.15) is 12.4 Å². The van der Waals surface area contributed by atoms with Crippen LogP contribution in [0.3, 0.4) is 0 Å². The number of ether oxygens (including phenoxy) is 3. The Hall–Kier alpha value is -3.02. The molecule has 2 N–H and O–H groups in total. The van der Waals surface area contributed by atoms with Crippen molar-refractivity contribution in [2.45, 2.75) is 6.61 Å². The van der Waals surface area contributed by atoms with Gasteiger partial charge < -0.3 is 19.5 Å². The number of halogens is 3. The fourth-order valence-corrected chi connectivity index (χ4v) is 4.29. The van der Waals surface area contributed by atoms with Gasteiger partial charge in [0, 0.05) is 15.6 Å². The van der Waals surface area contributed by atoms with Crippen LogP contribution in [-0.4, -0.2) is 38.8 Å². The van der Waals surface area contributed by atoms with Crippen molar-refractivity contribution < 1.29 is 23.8 Å². The van der Waals surface area contributed by atoms with E-state index >= 15 is 0 Å². The predicted molar refractivity (Wildman–Crippen MR) is 148 cm³/mol. The Bertz CT molecular complexity index is 1290. The minimum atomic E-state index is -0.490. The lowest BCUT2D eigenvalue weighted by atomic mass is 10.2. The summed E-state index contributed by atoms with van der Waals surface area (Å²) in [4.78, 5) is 24.4. The average molecular weight is 642 g/mol. The van der Waals surface area contributed by atoms with Crippen LogP contribution >= 0.6 is 45.8 Å². The third kappa shape index (κ3) is 7.49. The van der Waals surface area contributed by atoms with E-state index in [9.17, 15) is 9.59 Å². The minimum absolute atomic E-state index is 0.229. The quantitative estimate of drug-likeness (QED) is 0.183. The zero-order valence-electron chi connectivity index (χ0n) is 19.3. The zero-order valence-corrected chi connectivity index (χ0v) is 23.0. The third-order valence-electron chi connectivity index (χ3n) is 4.80. The molecule has 0 aliphatic heterocycles. The number of methoxy groups -OCH3 is 2. The first-order valence-corrected chi connectivity index (χ1v) is 12.3. The van der Waals surface area contributed by atoms with Gasteiger partial charge in [-0.15, -0.1) is 0 Å². The Morgan fingerprint density at radius 2 is 1.78 bits per heavy atom. The largest absolute Gasteiger partial charge is 0.496 e. The molecular weight excluding hydrogens is 620 g/mol. The summed E-state index contributed by atoms with van der Waals surface area (Å²) in [5.74, 6) is 0.533. The van der Waals surface area contributed by atoms with E-state index in [1.54, 1.807) is 48.5 Å². The molecule has 36 heavy (non-hydrogen) atoms. The summed E-state index contributed by atoms with van der Waals surface area (Å²) in [6.45, 7) is -0.0262. The fourth-order valence-electron chi connectivity index (χ4n) is 3.05. The van der Waals surface area contributed by atoms with Crippen LogP contribution in [0.4, 0.5) is 0 Å². The number of carbonyl (C=O) groups is 2. The molecule has 11 heteroatoms. The molecule has 0 aromatic heterocycles. The van der Waals surface area contributed by atoms with E-state index in [2.05, 4.69) is 38.4 Å². The lowest BCUT2D eigenvalue weighted by molar-refractivity contribution is -0.120. The van der Waals surface area contributed by atoms with Gasteiger partial charge in [0.15, 0.2) is 11.5 Å². The van der Waals surface area contributed by atoms with E-state index in [1.807, 2.05) is 6.07 Å². The van der Waals surface area contributed by atoms with Crippen LogP contribution in [-0.2, 0) is 11.4 Å². The fraction of sp³-hybridized carbons (Fsp3) is 0.160. The highest BCUT2D eigenvalue weighted by molar-refractivity contribution is 14.1. The number of hydrogen-bond donors (Lipinski definition) is 2. The van der Waals surface area contributed by atoms with Gasteiger partial charge in [-0.05, 0) is 64.6 Å². The Labute approximate surface area is 232 Å². The molecule has 0 atom stereocenters. The molecule has 0 aliphatic carbocycles. The first-order valence-electron chi connectivity index (χ1n) is 10.5. The van der Waals surface area contributed by atoms with E-state index in [4.69, 9.17) is 37.4 Å². The summed E-state index contributed by atoms with van der Waals surface area (Å²) in [6, 6.07) is 15.5. The Morgan fingerprint density at radius 1 is 1.03 bits per heavy atom. The molecule has 8 nitrogen and oxygen atoms in total. The number of benzene rings is 3. The molecule has 0 bridgehead atoms. The molecule has 2 amide bonds. The lowest BCUT2D eigenvalue weighted by Gasteiger charge is -2.14. The van der Waals surface area contributed by atoms with Gasteiger partial charge in [-0.25, -0.2) is 5.43 Å². The van der Waals surface area contributed by atoms with Gasteiger partial charge in [0.2, 0.25) is 0 Å². The second-order valence-electron chi connectivity index (χ2n) is 7.23. The van der Waals surface area contributed by atoms with Crippen molar-refractivity contribution in [1.29, 1.82) is 0 Å². The minimum Gasteiger partial charge on any atom is -0.496 e. The summed E-state index contributed by atoms with van der Waals surface area (Å²) < 4.78 is 17.3. The van der Waals surface area contributed by atoms with Gasteiger partial charge in [-0.3, -0.25) is 9.59 Å². The smallest absolute Gasteiger partial charge is 0.259 e. The van der Waals surface area contributed by atoms with Crippen molar-refractivity contribution in [2.24, 2.45) is 5.10 Å². The Balaban J connectivity index is 1.58. The number of nitrogens with one attached hydrogen (secondary N) is 2. The maximum absolute atomic E-state index is 12.3. The third-order valence-corrected chi connectivity index (χ3v) is 6.19. The highest BCUT2D eigenvalue weighted by Crippen LogP contribution is 2.35. The zero-order chi connectivity index (χ0) is 26.1. The van der Waals surface area contributed by atoms with E-state index in [0.29, 0.717) is 38.4 Å². The van der Waals surface area contributed by atoms with Crippen LogP contribution in [0.5, 0.6) is 17.2 Å². The highest BCUT2D eigenvalue weighted by atomic mass is 127. The molecule has 3 rings (SSSR count). The summed E-state index contributed by atoms with van der Waals surface area (Å²) >= 11 is 14.3. The number of rotatable bonds is 10. The maximum atomic E-state index is 12.3. The number of amides is 2. The second-order valence-corrected chi connectivity index (χ2v) is 9.24. The predicted octanol–water partition coefficient (Wildman–Crippen LogP) is 5.07. The van der Waals surface area contributed by atoms with Gasteiger partial charge >= 0.3 is 0 Å². The molecule has 0 spiro atoms. The van der Waals surface area contributed by atoms with E-state index in [1.165, 1.54) is 20.4 Å². The standard InChI is InChI=1S/C25H22Cl2IN3O5/c1-34-21-6-4-3-5-18(21)25(33)29-13-23(32)31-30-12-15-9-20(28)24(22(10-15)35-2)36-14-16-7-8-17(26)11-19(16)27/h3-12H,13-14H2,1-2H3,(H,29,33)(H,31,32). The second kappa shape index (κ2) is 13.3. The Kier molecular flexibility index (Phi) is 10.2. The van der Waals surface area contributed by atoms with Gasteiger partial charge in [-0.2, -0.15) is 5.10 Å². The van der Waals surface area contributed by atoms with Gasteiger partial charge in [-0.1, -0.05) is 41.4 Å². The van der Waals surface area contributed by atoms with Crippen molar-refractivity contribution in [3.05, 3.63) is 84.9 Å². The van der Waals surface area contributed by atoms with Crippen LogP contribution in [0.25, 0.3) is 0 Å². The SMILES string of the molecule is COc1ccccc1C(=O)NCC(=O)NN=Cc1cc(I)c(OCc2ccc(Cl)cc2Cl)c(OC)c1. The van der Waals surface area contributed by atoms with Crippen molar-refractivity contribution >= 4 is 63.8 Å². The van der Waals surface area contributed by atoms with E-state index < -0.39 is 11.8 Å². The summed E-state index contributed by atoms with van der Waals surface area (Å²) in [5.41, 5.74) is 4.17. The number of nitrogens with zero attached hydrogens (tertiary/aromatic N) is 1. The van der Waals surface area contributed by atoms with Crippen molar-refractivity contribution in [3.8, 4) is 17.2 Å². The molecule has 0 fully saturated rings. The molecule has 0 heterocycles. The van der Waals surface area contributed by atoms with E-state index in [0.717, 1.165) is 9.13 Å². The number of hydrogen-bond acceptors (Lipinski definition) is 6. The number of hydrazone groups is 1. The summed E-state index contributed by atoms with van der Waals surface area (Å²) in [6.07, 6.45) is 1.46. The van der Waals surface area contributed by atoms with Crippen LogP contribution < -0.4 is 25.0 Å². The summed E-state index contributed by atoms with van der Waals surface area (Å²) in [7, 11) is 3.00. The van der Waals surface area contributed by atoms with Crippen LogP contribution in [0.2, 0.25) is 10.0 Å². The van der Waals surface area contributed by atoms with Crippen molar-refractivity contribution in [3.63, 3.8) is 0 Å². The van der Waals surface area contributed by atoms with Crippen LogP contribution in [0.15, 0.2) is 59.7 Å².